The predicted molar refractivity (Wildman–Crippen MR) is 63.0 cm³/mol. The summed E-state index contributed by atoms with van der Waals surface area (Å²) in [5.74, 6) is 0. The van der Waals surface area contributed by atoms with Crippen molar-refractivity contribution in [2.75, 3.05) is 33.5 Å². The molecule has 0 unspecified atom stereocenters. The third-order valence-corrected chi connectivity index (χ3v) is 2.19. The van der Waals surface area contributed by atoms with Gasteiger partial charge in [0.2, 0.25) is 0 Å². The second kappa shape index (κ2) is 12.7. The number of hydrogen-bond donors (Lipinski definition) is 0. The van der Waals surface area contributed by atoms with Crippen LogP contribution in [0.2, 0.25) is 0 Å². The van der Waals surface area contributed by atoms with E-state index in [1.165, 1.54) is 0 Å². The highest BCUT2D eigenvalue weighted by Gasteiger charge is 1.95. The Balaban J connectivity index is 2.90. The van der Waals surface area contributed by atoms with Crippen molar-refractivity contribution in [3.8, 4) is 0 Å². The van der Waals surface area contributed by atoms with Crippen LogP contribution in [0.1, 0.15) is 32.1 Å². The van der Waals surface area contributed by atoms with Gasteiger partial charge in [-0.2, -0.15) is 0 Å². The molecule has 0 saturated heterocycles. The van der Waals surface area contributed by atoms with Gasteiger partial charge in [0.15, 0.2) is 0 Å². The number of halogens is 1. The van der Waals surface area contributed by atoms with E-state index >= 15 is 0 Å². The van der Waals surface area contributed by atoms with E-state index in [0.29, 0.717) is 19.8 Å². The van der Waals surface area contributed by atoms with Crippen LogP contribution in [-0.2, 0) is 14.2 Å². The molecular formula is C11H21ClO4. The average molecular weight is 253 g/mol. The molecule has 4 nitrogen and oxygen atoms in total. The van der Waals surface area contributed by atoms with E-state index in [4.69, 9.17) is 21.1 Å². The first-order valence-corrected chi connectivity index (χ1v) is 6.04. The van der Waals surface area contributed by atoms with Gasteiger partial charge < -0.3 is 14.2 Å². The van der Waals surface area contributed by atoms with Gasteiger partial charge in [-0.15, -0.1) is 0 Å². The van der Waals surface area contributed by atoms with Crippen LogP contribution in [0.15, 0.2) is 0 Å². The van der Waals surface area contributed by atoms with Crippen molar-refractivity contribution >= 4 is 17.0 Å². The van der Waals surface area contributed by atoms with Crippen LogP contribution >= 0.6 is 11.6 Å². The Labute approximate surface area is 102 Å². The fourth-order valence-electron chi connectivity index (χ4n) is 1.23. The van der Waals surface area contributed by atoms with E-state index < -0.39 is 5.43 Å². The van der Waals surface area contributed by atoms with E-state index in [1.807, 2.05) is 0 Å². The second-order valence-corrected chi connectivity index (χ2v) is 3.77. The Morgan fingerprint density at radius 1 is 0.938 bits per heavy atom. The Hall–Kier alpha value is -0.320. The summed E-state index contributed by atoms with van der Waals surface area (Å²) >= 11 is 5.01. The lowest BCUT2D eigenvalue weighted by Crippen LogP contribution is -2.02. The summed E-state index contributed by atoms with van der Waals surface area (Å²) in [6.45, 7) is 2.54. The third-order valence-electron chi connectivity index (χ3n) is 2.08. The number of rotatable bonds is 11. The van der Waals surface area contributed by atoms with Gasteiger partial charge in [0, 0.05) is 25.3 Å². The third kappa shape index (κ3) is 13.7. The summed E-state index contributed by atoms with van der Waals surface area (Å²) in [7, 11) is 1.66. The molecule has 0 amide bonds. The maximum absolute atomic E-state index is 10.2. The monoisotopic (exact) mass is 252 g/mol. The van der Waals surface area contributed by atoms with Gasteiger partial charge in [-0.3, -0.25) is 0 Å². The highest BCUT2D eigenvalue weighted by Crippen LogP contribution is 2.04. The molecule has 0 bridgehead atoms. The van der Waals surface area contributed by atoms with Crippen LogP contribution in [0.5, 0.6) is 0 Å². The first-order valence-electron chi connectivity index (χ1n) is 5.66. The molecule has 0 aliphatic heterocycles. The van der Waals surface area contributed by atoms with Crippen LogP contribution in [0.3, 0.4) is 0 Å². The minimum Gasteiger partial charge on any atom is -0.454 e. The van der Waals surface area contributed by atoms with Crippen molar-refractivity contribution in [1.29, 1.82) is 0 Å². The molecule has 16 heavy (non-hydrogen) atoms. The fraction of sp³-hybridized carbons (Fsp3) is 0.909. The number of carbonyl (C=O) groups is 1. The first-order chi connectivity index (χ1) is 7.77. The maximum atomic E-state index is 10.2. The number of methoxy groups -OCH3 is 1. The summed E-state index contributed by atoms with van der Waals surface area (Å²) in [4.78, 5) is 10.2. The Morgan fingerprint density at radius 2 is 1.56 bits per heavy atom. The van der Waals surface area contributed by atoms with Crippen molar-refractivity contribution in [3.63, 3.8) is 0 Å². The molecule has 0 spiro atoms. The standard InChI is InChI=1S/C11H21ClO4/c1-14-9-10-15-7-5-3-2-4-6-8-16-11(12)13/h2-10H2,1H3. The Morgan fingerprint density at radius 3 is 2.19 bits per heavy atom. The normalized spacial score (nSPS) is 10.4. The van der Waals surface area contributed by atoms with Crippen LogP contribution in [0.25, 0.3) is 0 Å². The van der Waals surface area contributed by atoms with Crippen molar-refractivity contribution < 1.29 is 19.0 Å². The molecule has 0 N–H and O–H groups in total. The van der Waals surface area contributed by atoms with Crippen molar-refractivity contribution in [2.24, 2.45) is 0 Å². The summed E-state index contributed by atoms with van der Waals surface area (Å²) in [6, 6.07) is 0. The lowest BCUT2D eigenvalue weighted by molar-refractivity contribution is 0.0685. The lowest BCUT2D eigenvalue weighted by atomic mass is 10.1. The van der Waals surface area contributed by atoms with Gasteiger partial charge in [0.25, 0.3) is 0 Å². The topological polar surface area (TPSA) is 44.8 Å². The highest BCUT2D eigenvalue weighted by molar-refractivity contribution is 6.61. The van der Waals surface area contributed by atoms with Gasteiger partial charge in [0.1, 0.15) is 0 Å². The van der Waals surface area contributed by atoms with Crippen LogP contribution in [0, 0.1) is 0 Å². The molecule has 5 heteroatoms. The van der Waals surface area contributed by atoms with Crippen molar-refractivity contribution in [2.45, 2.75) is 32.1 Å². The fourth-order valence-corrected chi connectivity index (χ4v) is 1.31. The SMILES string of the molecule is COCCOCCCCCCCOC(=O)Cl. The summed E-state index contributed by atoms with van der Waals surface area (Å²) in [5, 5.41) is 0. The van der Waals surface area contributed by atoms with Crippen LogP contribution < -0.4 is 0 Å². The molecule has 0 radical (unpaired) electrons. The number of carbonyl (C=O) groups excluding carboxylic acids is 1. The zero-order valence-corrected chi connectivity index (χ0v) is 10.6. The molecule has 0 atom stereocenters. The predicted octanol–water partition coefficient (Wildman–Crippen LogP) is 2.98. The lowest BCUT2D eigenvalue weighted by Gasteiger charge is -2.03. The largest absolute Gasteiger partial charge is 0.454 e. The molecule has 0 aliphatic rings. The van der Waals surface area contributed by atoms with Crippen molar-refractivity contribution in [1.82, 2.24) is 0 Å². The smallest absolute Gasteiger partial charge is 0.403 e. The summed E-state index contributed by atoms with van der Waals surface area (Å²) in [6.07, 6.45) is 5.28. The minimum absolute atomic E-state index is 0.423. The van der Waals surface area contributed by atoms with Gasteiger partial charge in [-0.05, 0) is 12.8 Å². The molecule has 0 heterocycles. The van der Waals surface area contributed by atoms with Gasteiger partial charge in [-0.25, -0.2) is 4.79 Å². The molecule has 0 aromatic rings. The quantitative estimate of drug-likeness (QED) is 0.419. The average Bonchev–Trinajstić information content (AvgIpc) is 2.25. The van der Waals surface area contributed by atoms with Gasteiger partial charge in [0.05, 0.1) is 19.8 Å². The van der Waals surface area contributed by atoms with E-state index in [2.05, 4.69) is 4.74 Å². The van der Waals surface area contributed by atoms with E-state index in [0.717, 1.165) is 38.7 Å². The van der Waals surface area contributed by atoms with E-state index in [1.54, 1.807) is 7.11 Å². The minimum atomic E-state index is -0.716. The number of hydrogen-bond acceptors (Lipinski definition) is 4. The molecule has 0 saturated carbocycles. The number of ether oxygens (including phenoxy) is 3. The zero-order valence-electron chi connectivity index (χ0n) is 9.87. The van der Waals surface area contributed by atoms with Gasteiger partial charge >= 0.3 is 5.43 Å². The van der Waals surface area contributed by atoms with Gasteiger partial charge in [-0.1, -0.05) is 19.3 Å². The molecule has 0 aromatic heterocycles. The first kappa shape index (κ1) is 15.7. The zero-order chi connectivity index (χ0) is 12.1. The van der Waals surface area contributed by atoms with E-state index in [9.17, 15) is 4.79 Å². The molecule has 0 fully saturated rings. The van der Waals surface area contributed by atoms with E-state index in [-0.39, 0.29) is 0 Å². The molecular weight excluding hydrogens is 232 g/mol. The highest BCUT2D eigenvalue weighted by atomic mass is 35.5. The molecule has 0 rings (SSSR count). The van der Waals surface area contributed by atoms with Crippen LogP contribution in [-0.4, -0.2) is 39.0 Å². The molecule has 0 aromatic carbocycles. The summed E-state index contributed by atoms with van der Waals surface area (Å²) < 4.78 is 14.8. The molecule has 0 aliphatic carbocycles. The molecule has 96 valence electrons. The van der Waals surface area contributed by atoms with Crippen LogP contribution in [0.4, 0.5) is 4.79 Å². The number of unbranched alkanes of at least 4 members (excludes halogenated alkanes) is 4. The Kier molecular flexibility index (Phi) is 12.5. The Bertz CT molecular complexity index is 164. The van der Waals surface area contributed by atoms with Crippen molar-refractivity contribution in [3.05, 3.63) is 0 Å². The maximum Gasteiger partial charge on any atom is 0.403 e. The summed E-state index contributed by atoms with van der Waals surface area (Å²) in [5.41, 5.74) is -0.716. The second-order valence-electron chi connectivity index (χ2n) is 3.46.